The Kier molecular flexibility index (Phi) is 3.56. The lowest BCUT2D eigenvalue weighted by molar-refractivity contribution is 0.0613. The Morgan fingerprint density at radius 1 is 1.30 bits per heavy atom. The zero-order valence-electron chi connectivity index (χ0n) is 11.6. The molecule has 2 heterocycles. The van der Waals surface area contributed by atoms with Crippen LogP contribution in [0.3, 0.4) is 0 Å². The molecule has 0 radical (unpaired) electrons. The number of aromatic nitrogens is 2. The van der Waals surface area contributed by atoms with Gasteiger partial charge >= 0.3 is 0 Å². The van der Waals surface area contributed by atoms with Crippen LogP contribution >= 0.6 is 0 Å². The molecule has 1 aliphatic heterocycles. The summed E-state index contributed by atoms with van der Waals surface area (Å²) in [6, 6.07) is 7.71. The number of hydrogen-bond donors (Lipinski definition) is 0. The second-order valence-electron chi connectivity index (χ2n) is 4.93. The Balaban J connectivity index is 1.56. The Hall–Kier alpha value is -2.08. The highest BCUT2D eigenvalue weighted by molar-refractivity contribution is 5.40. The lowest BCUT2D eigenvalue weighted by atomic mass is 10.2. The maximum atomic E-state index is 5.91. The quantitative estimate of drug-likeness (QED) is 0.845. The van der Waals surface area contributed by atoms with Gasteiger partial charge in [-0.2, -0.15) is 4.98 Å². The van der Waals surface area contributed by atoms with Crippen molar-refractivity contribution in [1.29, 1.82) is 0 Å². The molecule has 1 aliphatic rings. The first-order valence-electron chi connectivity index (χ1n) is 6.57. The van der Waals surface area contributed by atoms with E-state index in [0.717, 1.165) is 18.0 Å². The number of hydrogen-bond acceptors (Lipinski definition) is 6. The van der Waals surface area contributed by atoms with Crippen LogP contribution in [-0.2, 0) is 6.54 Å². The highest BCUT2D eigenvalue weighted by Crippen LogP contribution is 2.30. The first-order valence-corrected chi connectivity index (χ1v) is 6.57. The summed E-state index contributed by atoms with van der Waals surface area (Å²) >= 11 is 0. The van der Waals surface area contributed by atoms with E-state index in [9.17, 15) is 0 Å². The maximum Gasteiger partial charge on any atom is 0.240 e. The van der Waals surface area contributed by atoms with Gasteiger partial charge in [-0.3, -0.25) is 4.90 Å². The maximum absolute atomic E-state index is 5.91. The average Bonchev–Trinajstić information content (AvgIpc) is 2.83. The number of ether oxygens (including phenoxy) is 2. The van der Waals surface area contributed by atoms with Gasteiger partial charge < -0.3 is 14.0 Å². The molecule has 3 rings (SSSR count). The molecule has 0 N–H and O–H groups in total. The van der Waals surface area contributed by atoms with Gasteiger partial charge in [-0.15, -0.1) is 0 Å². The van der Waals surface area contributed by atoms with Gasteiger partial charge in [0, 0.05) is 6.54 Å². The van der Waals surface area contributed by atoms with E-state index < -0.39 is 0 Å². The van der Waals surface area contributed by atoms with Gasteiger partial charge in [0.25, 0.3) is 0 Å². The molecule has 0 amide bonds. The third kappa shape index (κ3) is 2.91. The van der Waals surface area contributed by atoms with E-state index in [0.29, 0.717) is 24.9 Å². The van der Waals surface area contributed by atoms with Gasteiger partial charge in [-0.05, 0) is 26.1 Å². The molecule has 1 aromatic carbocycles. The van der Waals surface area contributed by atoms with Crippen LogP contribution in [0.4, 0.5) is 0 Å². The second-order valence-corrected chi connectivity index (χ2v) is 4.93. The number of fused-ring (bicyclic) bond motifs is 1. The van der Waals surface area contributed by atoms with Crippen molar-refractivity contribution in [3.05, 3.63) is 36.0 Å². The van der Waals surface area contributed by atoms with E-state index in [1.165, 1.54) is 0 Å². The number of rotatable bonds is 4. The summed E-state index contributed by atoms with van der Waals surface area (Å²) < 4.78 is 16.7. The van der Waals surface area contributed by atoms with Crippen molar-refractivity contribution in [2.24, 2.45) is 0 Å². The zero-order valence-corrected chi connectivity index (χ0v) is 11.6. The normalized spacial score (nSPS) is 17.4. The van der Waals surface area contributed by atoms with Gasteiger partial charge in [-0.1, -0.05) is 17.3 Å². The Morgan fingerprint density at radius 2 is 2.10 bits per heavy atom. The second kappa shape index (κ2) is 5.50. The molecule has 0 spiro atoms. The molecule has 20 heavy (non-hydrogen) atoms. The molecule has 0 aliphatic carbocycles. The van der Waals surface area contributed by atoms with E-state index in [2.05, 4.69) is 15.0 Å². The van der Waals surface area contributed by atoms with E-state index in [1.54, 1.807) is 0 Å². The summed E-state index contributed by atoms with van der Waals surface area (Å²) in [4.78, 5) is 6.27. The molecular formula is C14H17N3O3. The van der Waals surface area contributed by atoms with E-state index in [1.807, 2.05) is 38.2 Å². The minimum absolute atomic E-state index is 0.00100. The molecule has 0 saturated heterocycles. The van der Waals surface area contributed by atoms with Crippen molar-refractivity contribution in [3.8, 4) is 11.5 Å². The fourth-order valence-electron chi connectivity index (χ4n) is 2.20. The van der Waals surface area contributed by atoms with E-state index in [4.69, 9.17) is 14.0 Å². The summed E-state index contributed by atoms with van der Waals surface area (Å²) in [6.45, 7) is 3.68. The van der Waals surface area contributed by atoms with Crippen molar-refractivity contribution in [2.45, 2.75) is 19.6 Å². The fourth-order valence-corrected chi connectivity index (χ4v) is 2.20. The average molecular weight is 275 g/mol. The highest BCUT2D eigenvalue weighted by atomic mass is 16.6. The number of benzene rings is 1. The van der Waals surface area contributed by atoms with Crippen LogP contribution in [0.1, 0.15) is 11.7 Å². The van der Waals surface area contributed by atoms with Crippen LogP contribution in [0, 0.1) is 6.92 Å². The fraction of sp³-hybridized carbons (Fsp3) is 0.429. The molecule has 1 aromatic heterocycles. The monoisotopic (exact) mass is 275 g/mol. The minimum atomic E-state index is -0.00100. The van der Waals surface area contributed by atoms with Crippen LogP contribution in [0.15, 0.2) is 28.8 Å². The van der Waals surface area contributed by atoms with Gasteiger partial charge in [0.2, 0.25) is 5.89 Å². The predicted octanol–water partition coefficient (Wildman–Crippen LogP) is 1.65. The summed E-state index contributed by atoms with van der Waals surface area (Å²) in [5.41, 5.74) is 0. The topological polar surface area (TPSA) is 60.6 Å². The molecule has 2 aromatic rings. The van der Waals surface area contributed by atoms with Crippen molar-refractivity contribution in [3.63, 3.8) is 0 Å². The van der Waals surface area contributed by atoms with E-state index >= 15 is 0 Å². The number of aryl methyl sites for hydroxylation is 1. The number of nitrogens with zero attached hydrogens (tertiary/aromatic N) is 3. The lowest BCUT2D eigenvalue weighted by Gasteiger charge is -2.29. The first-order chi connectivity index (χ1) is 9.70. The Morgan fingerprint density at radius 3 is 2.85 bits per heavy atom. The largest absolute Gasteiger partial charge is 0.486 e. The van der Waals surface area contributed by atoms with Crippen LogP contribution in [0.2, 0.25) is 0 Å². The van der Waals surface area contributed by atoms with Crippen molar-refractivity contribution in [2.75, 3.05) is 20.2 Å². The van der Waals surface area contributed by atoms with Crippen molar-refractivity contribution in [1.82, 2.24) is 15.0 Å². The first kappa shape index (κ1) is 12.9. The Labute approximate surface area is 117 Å². The van der Waals surface area contributed by atoms with Gasteiger partial charge in [0.15, 0.2) is 17.3 Å². The summed E-state index contributed by atoms with van der Waals surface area (Å²) in [7, 11) is 1.99. The van der Waals surface area contributed by atoms with Crippen molar-refractivity contribution < 1.29 is 14.0 Å². The molecule has 106 valence electrons. The zero-order chi connectivity index (χ0) is 13.9. The predicted molar refractivity (Wildman–Crippen MR) is 71.7 cm³/mol. The summed E-state index contributed by atoms with van der Waals surface area (Å²) in [5, 5.41) is 3.78. The molecule has 1 atom stereocenters. The van der Waals surface area contributed by atoms with Crippen molar-refractivity contribution >= 4 is 0 Å². The van der Waals surface area contributed by atoms with Gasteiger partial charge in [-0.25, -0.2) is 0 Å². The standard InChI is InChI=1S/C14H17N3O3/c1-10-15-14(20-16-10)8-17(2)7-11-9-18-12-5-3-4-6-13(12)19-11/h3-6,11H,7-9H2,1-2H3. The van der Waals surface area contributed by atoms with Crippen LogP contribution in [0.5, 0.6) is 11.5 Å². The highest BCUT2D eigenvalue weighted by Gasteiger charge is 2.22. The molecule has 0 fully saturated rings. The summed E-state index contributed by atoms with van der Waals surface area (Å²) in [6.07, 6.45) is -0.00100. The third-order valence-corrected chi connectivity index (χ3v) is 3.06. The smallest absolute Gasteiger partial charge is 0.240 e. The molecule has 6 nitrogen and oxygen atoms in total. The minimum Gasteiger partial charge on any atom is -0.486 e. The van der Waals surface area contributed by atoms with Gasteiger partial charge in [0.1, 0.15) is 12.7 Å². The summed E-state index contributed by atoms with van der Waals surface area (Å²) in [5.74, 6) is 2.87. The Bertz CT molecular complexity index is 585. The lowest BCUT2D eigenvalue weighted by Crippen LogP contribution is -2.39. The van der Waals surface area contributed by atoms with Crippen LogP contribution in [-0.4, -0.2) is 41.3 Å². The van der Waals surface area contributed by atoms with Crippen LogP contribution < -0.4 is 9.47 Å². The number of likely N-dealkylation sites (N-methyl/N-ethyl adjacent to an activating group) is 1. The third-order valence-electron chi connectivity index (χ3n) is 3.06. The van der Waals surface area contributed by atoms with Gasteiger partial charge in [0.05, 0.1) is 6.54 Å². The number of para-hydroxylation sites is 2. The molecule has 0 saturated carbocycles. The SMILES string of the molecule is Cc1noc(CN(C)CC2COc3ccccc3O2)n1. The molecular weight excluding hydrogens is 258 g/mol. The molecule has 1 unspecified atom stereocenters. The van der Waals surface area contributed by atoms with Crippen LogP contribution in [0.25, 0.3) is 0 Å². The van der Waals surface area contributed by atoms with E-state index in [-0.39, 0.29) is 6.10 Å². The molecule has 6 heteroatoms. The molecule has 0 bridgehead atoms.